The summed E-state index contributed by atoms with van der Waals surface area (Å²) in [4.78, 5) is 36.5. The molecule has 1 N–H and O–H groups in total. The fraction of sp³-hybridized carbons (Fsp3) is 0.105. The number of carbonyl (C=O) groups is 2. The Morgan fingerprint density at radius 3 is 2.41 bits per heavy atom. The molecular weight excluding hydrogens is 393 g/mol. The summed E-state index contributed by atoms with van der Waals surface area (Å²) in [5, 5.41) is 3.73. The van der Waals surface area contributed by atoms with E-state index in [0.717, 1.165) is 6.07 Å². The summed E-state index contributed by atoms with van der Waals surface area (Å²) < 4.78 is 10.5. The Morgan fingerprint density at radius 2 is 1.70 bits per heavy atom. The zero-order valence-electron chi connectivity index (χ0n) is 14.0. The molecule has 0 aliphatic carbocycles. The highest BCUT2D eigenvalue weighted by atomic mass is 35.5. The highest BCUT2D eigenvalue weighted by Crippen LogP contribution is 2.18. The van der Waals surface area contributed by atoms with Crippen LogP contribution in [0.3, 0.4) is 0 Å². The van der Waals surface area contributed by atoms with Crippen LogP contribution >= 0.6 is 23.2 Å². The Balaban J connectivity index is 1.73. The minimum Gasteiger partial charge on any atom is -0.449 e. The van der Waals surface area contributed by atoms with Gasteiger partial charge in [-0.25, -0.2) is 4.79 Å². The largest absolute Gasteiger partial charge is 0.449 e. The number of carbonyl (C=O) groups excluding carboxylic acids is 2. The Hall–Kier alpha value is -2.83. The average Bonchev–Trinajstić information content (AvgIpc) is 2.63. The molecule has 1 aromatic heterocycles. The quantitative estimate of drug-likeness (QED) is 0.654. The minimum absolute atomic E-state index is 0.192. The first-order valence-electron chi connectivity index (χ1n) is 7.84. The van der Waals surface area contributed by atoms with Crippen molar-refractivity contribution < 1.29 is 18.7 Å². The lowest BCUT2D eigenvalue weighted by Crippen LogP contribution is -2.30. The molecule has 1 heterocycles. The van der Waals surface area contributed by atoms with Gasteiger partial charge in [-0.05, 0) is 49.4 Å². The van der Waals surface area contributed by atoms with Crippen molar-refractivity contribution in [2.75, 3.05) is 5.32 Å². The summed E-state index contributed by atoms with van der Waals surface area (Å²) in [6, 6.07) is 11.9. The minimum atomic E-state index is -1.11. The number of rotatable bonds is 4. The van der Waals surface area contributed by atoms with Gasteiger partial charge in [0.1, 0.15) is 5.58 Å². The maximum atomic E-state index is 12.2. The summed E-state index contributed by atoms with van der Waals surface area (Å²) in [6.07, 6.45) is -1.11. The third-order valence-electron chi connectivity index (χ3n) is 3.66. The number of anilines is 1. The average molecular weight is 406 g/mol. The Bertz CT molecular complexity index is 1080. The van der Waals surface area contributed by atoms with Crippen LogP contribution < -0.4 is 10.7 Å². The first-order valence-corrected chi connectivity index (χ1v) is 8.60. The lowest BCUT2D eigenvalue weighted by molar-refractivity contribution is -0.123. The zero-order valence-corrected chi connectivity index (χ0v) is 15.5. The van der Waals surface area contributed by atoms with Gasteiger partial charge in [-0.15, -0.1) is 0 Å². The number of hydrogen-bond donors (Lipinski definition) is 1. The Morgan fingerprint density at radius 1 is 1.04 bits per heavy atom. The molecule has 0 bridgehead atoms. The number of esters is 1. The molecule has 0 fully saturated rings. The maximum Gasteiger partial charge on any atom is 0.375 e. The van der Waals surface area contributed by atoms with Crippen molar-refractivity contribution >= 4 is 51.7 Å². The second kappa shape index (κ2) is 7.82. The van der Waals surface area contributed by atoms with Crippen LogP contribution in [0.5, 0.6) is 0 Å². The van der Waals surface area contributed by atoms with Crippen molar-refractivity contribution in [1.82, 2.24) is 0 Å². The number of halogens is 2. The van der Waals surface area contributed by atoms with Gasteiger partial charge in [-0.3, -0.25) is 9.59 Å². The maximum absolute atomic E-state index is 12.2. The topological polar surface area (TPSA) is 85.6 Å². The molecule has 2 aromatic carbocycles. The van der Waals surface area contributed by atoms with Crippen molar-refractivity contribution in [3.63, 3.8) is 0 Å². The number of amides is 1. The van der Waals surface area contributed by atoms with Crippen LogP contribution in [0.25, 0.3) is 11.0 Å². The predicted molar refractivity (Wildman–Crippen MR) is 102 cm³/mol. The van der Waals surface area contributed by atoms with E-state index in [0.29, 0.717) is 15.7 Å². The summed E-state index contributed by atoms with van der Waals surface area (Å²) in [6.45, 7) is 1.40. The van der Waals surface area contributed by atoms with E-state index in [1.165, 1.54) is 25.1 Å². The first kappa shape index (κ1) is 18.9. The molecule has 0 radical (unpaired) electrons. The Labute approximate surface area is 163 Å². The molecule has 1 amide bonds. The van der Waals surface area contributed by atoms with Crippen molar-refractivity contribution in [3.05, 3.63) is 74.6 Å². The van der Waals surface area contributed by atoms with Crippen LogP contribution in [-0.2, 0) is 9.53 Å². The zero-order chi connectivity index (χ0) is 19.6. The van der Waals surface area contributed by atoms with Gasteiger partial charge in [0.2, 0.25) is 5.76 Å². The molecular formula is C19H13Cl2NO5. The van der Waals surface area contributed by atoms with E-state index in [2.05, 4.69) is 5.32 Å². The molecule has 3 rings (SSSR count). The van der Waals surface area contributed by atoms with E-state index < -0.39 is 23.4 Å². The van der Waals surface area contributed by atoms with Crippen LogP contribution in [0, 0.1) is 0 Å². The standard InChI is InChI=1S/C19H13Cl2NO5/c1-10(18(24)22-13-5-2-11(20)3-6-13)26-19(25)17-9-15(23)14-8-12(21)4-7-16(14)27-17/h2-10H,1H3,(H,22,24)/t10-/m0/s1. The number of ether oxygens (including phenoxy) is 1. The smallest absolute Gasteiger partial charge is 0.375 e. The third-order valence-corrected chi connectivity index (χ3v) is 4.14. The molecule has 27 heavy (non-hydrogen) atoms. The molecule has 0 spiro atoms. The summed E-state index contributed by atoms with van der Waals surface area (Å²) in [5.74, 6) is -1.77. The molecule has 3 aromatic rings. The van der Waals surface area contributed by atoms with E-state index in [1.54, 1.807) is 24.3 Å². The Kier molecular flexibility index (Phi) is 5.48. The number of benzene rings is 2. The molecule has 0 aliphatic heterocycles. The number of nitrogens with one attached hydrogen (secondary N) is 1. The fourth-order valence-electron chi connectivity index (χ4n) is 2.28. The van der Waals surface area contributed by atoms with Crippen LogP contribution in [0.4, 0.5) is 5.69 Å². The van der Waals surface area contributed by atoms with E-state index in [9.17, 15) is 14.4 Å². The van der Waals surface area contributed by atoms with E-state index >= 15 is 0 Å². The van der Waals surface area contributed by atoms with Crippen molar-refractivity contribution in [2.24, 2.45) is 0 Å². The van der Waals surface area contributed by atoms with Crippen LogP contribution in [0.1, 0.15) is 17.5 Å². The first-order chi connectivity index (χ1) is 12.8. The SMILES string of the molecule is C[C@H](OC(=O)c1cc(=O)c2cc(Cl)ccc2o1)C(=O)Nc1ccc(Cl)cc1. The van der Waals surface area contributed by atoms with Crippen molar-refractivity contribution in [1.29, 1.82) is 0 Å². The lowest BCUT2D eigenvalue weighted by atomic mass is 10.2. The van der Waals surface area contributed by atoms with Crippen molar-refractivity contribution in [3.8, 4) is 0 Å². The molecule has 8 heteroatoms. The van der Waals surface area contributed by atoms with Crippen LogP contribution in [0.2, 0.25) is 10.0 Å². The van der Waals surface area contributed by atoms with Gasteiger partial charge in [0.05, 0.1) is 5.39 Å². The highest BCUT2D eigenvalue weighted by molar-refractivity contribution is 6.31. The van der Waals surface area contributed by atoms with Crippen LogP contribution in [0.15, 0.2) is 57.7 Å². The van der Waals surface area contributed by atoms with E-state index in [1.807, 2.05) is 0 Å². The van der Waals surface area contributed by atoms with E-state index in [4.69, 9.17) is 32.4 Å². The molecule has 138 valence electrons. The molecule has 0 saturated heterocycles. The van der Waals surface area contributed by atoms with Gasteiger partial charge in [0.15, 0.2) is 11.5 Å². The normalized spacial score (nSPS) is 11.8. The number of hydrogen-bond acceptors (Lipinski definition) is 5. The van der Waals surface area contributed by atoms with Gasteiger partial charge in [0.25, 0.3) is 5.91 Å². The van der Waals surface area contributed by atoms with Gasteiger partial charge < -0.3 is 14.5 Å². The molecule has 0 aliphatic rings. The van der Waals surface area contributed by atoms with Crippen LogP contribution in [-0.4, -0.2) is 18.0 Å². The second-order valence-corrected chi connectivity index (χ2v) is 6.53. The molecule has 0 unspecified atom stereocenters. The third kappa shape index (κ3) is 4.48. The van der Waals surface area contributed by atoms with Gasteiger partial charge in [0, 0.05) is 21.8 Å². The van der Waals surface area contributed by atoms with Crippen molar-refractivity contribution in [2.45, 2.75) is 13.0 Å². The summed E-state index contributed by atoms with van der Waals surface area (Å²) >= 11 is 11.6. The van der Waals surface area contributed by atoms with E-state index in [-0.39, 0.29) is 16.7 Å². The fourth-order valence-corrected chi connectivity index (χ4v) is 2.58. The molecule has 6 nitrogen and oxygen atoms in total. The monoisotopic (exact) mass is 405 g/mol. The summed E-state index contributed by atoms with van der Waals surface area (Å²) in [7, 11) is 0. The lowest BCUT2D eigenvalue weighted by Gasteiger charge is -2.13. The number of fused-ring (bicyclic) bond motifs is 1. The van der Waals surface area contributed by atoms with Gasteiger partial charge >= 0.3 is 5.97 Å². The molecule has 1 atom stereocenters. The van der Waals surface area contributed by atoms with Gasteiger partial charge in [-0.1, -0.05) is 23.2 Å². The molecule has 0 saturated carbocycles. The second-order valence-electron chi connectivity index (χ2n) is 5.66. The summed E-state index contributed by atoms with van der Waals surface area (Å²) in [5.41, 5.74) is 0.252. The predicted octanol–water partition coefficient (Wildman–Crippen LogP) is 4.28. The van der Waals surface area contributed by atoms with Gasteiger partial charge in [-0.2, -0.15) is 0 Å². The highest BCUT2D eigenvalue weighted by Gasteiger charge is 2.21.